The molecule has 0 bridgehead atoms. The Labute approximate surface area is 153 Å². The van der Waals surface area contributed by atoms with Gasteiger partial charge >= 0.3 is 6.03 Å². The molecule has 2 heterocycles. The number of amides is 3. The summed E-state index contributed by atoms with van der Waals surface area (Å²) in [5.74, 6) is -0.458. The summed E-state index contributed by atoms with van der Waals surface area (Å²) in [5.41, 5.74) is 0.314. The van der Waals surface area contributed by atoms with Crippen LogP contribution in [0.2, 0.25) is 0 Å². The Kier molecular flexibility index (Phi) is 5.76. The first-order chi connectivity index (χ1) is 12.5. The lowest BCUT2D eigenvalue weighted by atomic mass is 9.91. The number of hydrogen-bond acceptors (Lipinski definition) is 3. The summed E-state index contributed by atoms with van der Waals surface area (Å²) in [7, 11) is 0. The van der Waals surface area contributed by atoms with Crippen LogP contribution in [0, 0.1) is 6.92 Å². The van der Waals surface area contributed by atoms with Crippen molar-refractivity contribution in [3.05, 3.63) is 35.4 Å². The van der Waals surface area contributed by atoms with E-state index in [1.807, 2.05) is 31.2 Å². The van der Waals surface area contributed by atoms with Crippen LogP contribution < -0.4 is 5.32 Å². The molecule has 2 aliphatic heterocycles. The number of halogens is 1. The predicted octanol–water partition coefficient (Wildman–Crippen LogP) is 1.87. The number of aryl methyl sites for hydroxylation is 1. The number of morpholine rings is 1. The number of carbonyl (C=O) groups is 2. The van der Waals surface area contributed by atoms with Gasteiger partial charge in [0.1, 0.15) is 0 Å². The van der Waals surface area contributed by atoms with Crippen LogP contribution in [-0.4, -0.2) is 66.8 Å². The number of ether oxygens (including phenoxy) is 1. The van der Waals surface area contributed by atoms with Gasteiger partial charge in [0, 0.05) is 45.6 Å². The Morgan fingerprint density at radius 3 is 2.31 bits per heavy atom. The minimum atomic E-state index is -1.87. The number of hydrogen-bond donors (Lipinski definition) is 1. The lowest BCUT2D eigenvalue weighted by molar-refractivity contribution is -0.151. The fraction of sp³-hybridized carbons (Fsp3) is 0.579. The van der Waals surface area contributed by atoms with E-state index in [-0.39, 0.29) is 32.0 Å². The van der Waals surface area contributed by atoms with Crippen LogP contribution in [-0.2, 0) is 16.1 Å². The quantitative estimate of drug-likeness (QED) is 0.892. The molecule has 0 radical (unpaired) electrons. The van der Waals surface area contributed by atoms with E-state index in [2.05, 4.69) is 5.32 Å². The highest BCUT2D eigenvalue weighted by molar-refractivity contribution is 5.86. The Bertz CT molecular complexity index is 636. The van der Waals surface area contributed by atoms with Crippen molar-refractivity contribution in [3.8, 4) is 0 Å². The molecular weight excluding hydrogens is 337 g/mol. The van der Waals surface area contributed by atoms with Gasteiger partial charge in [-0.1, -0.05) is 29.8 Å². The van der Waals surface area contributed by atoms with Crippen molar-refractivity contribution >= 4 is 11.9 Å². The van der Waals surface area contributed by atoms with Crippen LogP contribution in [0.4, 0.5) is 9.18 Å². The van der Waals surface area contributed by atoms with Gasteiger partial charge in [0.15, 0.2) is 5.67 Å². The number of likely N-dealkylation sites (tertiary alicyclic amines) is 1. The summed E-state index contributed by atoms with van der Waals surface area (Å²) in [4.78, 5) is 27.9. The molecular formula is C19H26FN3O3. The first kappa shape index (κ1) is 18.6. The molecule has 0 saturated carbocycles. The van der Waals surface area contributed by atoms with E-state index in [0.717, 1.165) is 5.56 Å². The van der Waals surface area contributed by atoms with Crippen molar-refractivity contribution in [1.82, 2.24) is 15.1 Å². The summed E-state index contributed by atoms with van der Waals surface area (Å²) >= 11 is 0. The third-order valence-corrected chi connectivity index (χ3v) is 5.09. The standard InChI is InChI=1S/C19H26FN3O3/c1-15-2-4-16(5-3-15)14-21-18(25)23-8-6-19(20,7-9-23)17(24)22-10-12-26-13-11-22/h2-5H,6-14H2,1H3,(H,21,25). The largest absolute Gasteiger partial charge is 0.378 e. The molecule has 0 aliphatic carbocycles. The summed E-state index contributed by atoms with van der Waals surface area (Å²) in [6, 6.07) is 7.72. The number of rotatable bonds is 3. The summed E-state index contributed by atoms with van der Waals surface area (Å²) in [6.45, 7) is 4.71. The van der Waals surface area contributed by atoms with Crippen molar-refractivity contribution in [1.29, 1.82) is 0 Å². The Hall–Kier alpha value is -2.15. The van der Waals surface area contributed by atoms with E-state index in [1.165, 1.54) is 10.5 Å². The molecule has 2 saturated heterocycles. The second kappa shape index (κ2) is 8.03. The molecule has 26 heavy (non-hydrogen) atoms. The molecule has 2 fully saturated rings. The summed E-state index contributed by atoms with van der Waals surface area (Å²) in [6.07, 6.45) is 0.0856. The van der Waals surface area contributed by atoms with Crippen molar-refractivity contribution in [2.75, 3.05) is 39.4 Å². The van der Waals surface area contributed by atoms with Crippen molar-refractivity contribution < 1.29 is 18.7 Å². The molecule has 3 rings (SSSR count). The molecule has 0 spiro atoms. The maximum atomic E-state index is 15.1. The summed E-state index contributed by atoms with van der Waals surface area (Å²) < 4.78 is 20.3. The zero-order valence-corrected chi connectivity index (χ0v) is 15.2. The fourth-order valence-electron chi connectivity index (χ4n) is 3.32. The molecule has 142 valence electrons. The van der Waals surface area contributed by atoms with E-state index >= 15 is 4.39 Å². The Morgan fingerprint density at radius 1 is 1.08 bits per heavy atom. The molecule has 1 aromatic carbocycles. The van der Waals surface area contributed by atoms with E-state index in [4.69, 9.17) is 4.74 Å². The molecule has 6 nitrogen and oxygen atoms in total. The highest BCUT2D eigenvalue weighted by Gasteiger charge is 2.45. The molecule has 3 amide bonds. The number of alkyl halides is 1. The van der Waals surface area contributed by atoms with Gasteiger partial charge in [-0.2, -0.15) is 0 Å². The second-order valence-electron chi connectivity index (χ2n) is 7.00. The zero-order valence-electron chi connectivity index (χ0n) is 15.2. The Balaban J connectivity index is 1.48. The first-order valence-electron chi connectivity index (χ1n) is 9.12. The van der Waals surface area contributed by atoms with Gasteiger partial charge in [-0.15, -0.1) is 0 Å². The van der Waals surface area contributed by atoms with Gasteiger partial charge in [0.25, 0.3) is 5.91 Å². The van der Waals surface area contributed by atoms with Gasteiger partial charge in [-0.3, -0.25) is 4.79 Å². The maximum Gasteiger partial charge on any atom is 0.317 e. The molecule has 1 N–H and O–H groups in total. The molecule has 2 aliphatic rings. The number of nitrogens with zero attached hydrogens (tertiary/aromatic N) is 2. The minimum absolute atomic E-state index is 0.0428. The normalized spacial score (nSPS) is 19.9. The van der Waals surface area contributed by atoms with Gasteiger partial charge < -0.3 is 19.9 Å². The number of urea groups is 1. The third kappa shape index (κ3) is 4.33. The topological polar surface area (TPSA) is 61.9 Å². The average Bonchev–Trinajstić information content (AvgIpc) is 2.68. The highest BCUT2D eigenvalue weighted by atomic mass is 19.1. The smallest absolute Gasteiger partial charge is 0.317 e. The number of piperidine rings is 1. The Morgan fingerprint density at radius 2 is 1.69 bits per heavy atom. The van der Waals surface area contributed by atoms with Crippen molar-refractivity contribution in [3.63, 3.8) is 0 Å². The predicted molar refractivity (Wildman–Crippen MR) is 95.5 cm³/mol. The molecule has 0 aromatic heterocycles. The van der Waals surface area contributed by atoms with E-state index in [0.29, 0.717) is 32.8 Å². The SMILES string of the molecule is Cc1ccc(CNC(=O)N2CCC(F)(C(=O)N3CCOCC3)CC2)cc1. The third-order valence-electron chi connectivity index (χ3n) is 5.09. The zero-order chi connectivity index (χ0) is 18.6. The van der Waals surface area contributed by atoms with Crippen LogP contribution >= 0.6 is 0 Å². The van der Waals surface area contributed by atoms with Crippen LogP contribution in [0.3, 0.4) is 0 Å². The monoisotopic (exact) mass is 363 g/mol. The highest BCUT2D eigenvalue weighted by Crippen LogP contribution is 2.29. The van der Waals surface area contributed by atoms with Crippen molar-refractivity contribution in [2.24, 2.45) is 0 Å². The van der Waals surface area contributed by atoms with Crippen LogP contribution in [0.1, 0.15) is 24.0 Å². The molecule has 1 aromatic rings. The van der Waals surface area contributed by atoms with Crippen LogP contribution in [0.5, 0.6) is 0 Å². The number of carbonyl (C=O) groups excluding carboxylic acids is 2. The molecule has 0 unspecified atom stereocenters. The van der Waals surface area contributed by atoms with Gasteiger partial charge in [-0.25, -0.2) is 9.18 Å². The fourth-order valence-corrected chi connectivity index (χ4v) is 3.32. The summed E-state index contributed by atoms with van der Waals surface area (Å²) in [5, 5.41) is 2.86. The van der Waals surface area contributed by atoms with Gasteiger partial charge in [-0.05, 0) is 12.5 Å². The lowest BCUT2D eigenvalue weighted by Gasteiger charge is -2.39. The van der Waals surface area contributed by atoms with Gasteiger partial charge in [0.2, 0.25) is 0 Å². The van der Waals surface area contributed by atoms with Crippen molar-refractivity contribution in [2.45, 2.75) is 32.0 Å². The number of nitrogens with one attached hydrogen (secondary N) is 1. The van der Waals surface area contributed by atoms with Crippen LogP contribution in [0.15, 0.2) is 24.3 Å². The van der Waals surface area contributed by atoms with E-state index in [1.54, 1.807) is 4.90 Å². The maximum absolute atomic E-state index is 15.1. The first-order valence-corrected chi connectivity index (χ1v) is 9.12. The molecule has 7 heteroatoms. The van der Waals surface area contributed by atoms with Gasteiger partial charge in [0.05, 0.1) is 13.2 Å². The number of benzene rings is 1. The molecule has 0 atom stereocenters. The van der Waals surface area contributed by atoms with E-state index < -0.39 is 11.6 Å². The van der Waals surface area contributed by atoms with E-state index in [9.17, 15) is 9.59 Å². The minimum Gasteiger partial charge on any atom is -0.378 e. The van der Waals surface area contributed by atoms with Crippen LogP contribution in [0.25, 0.3) is 0 Å². The average molecular weight is 363 g/mol. The second-order valence-corrected chi connectivity index (χ2v) is 7.00. The lowest BCUT2D eigenvalue weighted by Crippen LogP contribution is -2.56.